The molecule has 0 atom stereocenters. The number of ether oxygens (including phenoxy) is 2. The fraction of sp³-hybridized carbons (Fsp3) is 0.300. The van der Waals surface area contributed by atoms with E-state index in [0.29, 0.717) is 38.0 Å². The van der Waals surface area contributed by atoms with Gasteiger partial charge in [0.1, 0.15) is 5.75 Å². The summed E-state index contributed by atoms with van der Waals surface area (Å²) in [5.74, 6) is 0.325. The number of hydrogen-bond donors (Lipinski definition) is 1. The van der Waals surface area contributed by atoms with E-state index in [1.54, 1.807) is 12.1 Å². The Hall–Kier alpha value is -2.53. The molecule has 1 aliphatic rings. The van der Waals surface area contributed by atoms with Crippen LogP contribution in [0.4, 0.5) is 5.13 Å². The van der Waals surface area contributed by atoms with E-state index >= 15 is 0 Å². The second kappa shape index (κ2) is 8.68. The summed E-state index contributed by atoms with van der Waals surface area (Å²) >= 11 is 1.33. The lowest BCUT2D eigenvalue weighted by Crippen LogP contribution is -2.40. The number of thiazole rings is 1. The number of rotatable bonds is 6. The van der Waals surface area contributed by atoms with Crippen molar-refractivity contribution in [1.29, 1.82) is 0 Å². The predicted octanol–water partition coefficient (Wildman–Crippen LogP) is 2.97. The highest BCUT2D eigenvalue weighted by Crippen LogP contribution is 2.29. The van der Waals surface area contributed by atoms with E-state index < -0.39 is 15.9 Å². The van der Waals surface area contributed by atoms with Crippen molar-refractivity contribution in [3.8, 4) is 5.75 Å². The first-order valence-corrected chi connectivity index (χ1v) is 11.8. The van der Waals surface area contributed by atoms with E-state index in [1.165, 1.54) is 27.8 Å². The lowest BCUT2D eigenvalue weighted by Gasteiger charge is -2.26. The van der Waals surface area contributed by atoms with Crippen LogP contribution in [0.3, 0.4) is 0 Å². The van der Waals surface area contributed by atoms with Crippen molar-refractivity contribution < 1.29 is 22.7 Å². The monoisotopic (exact) mass is 447 g/mol. The number of aromatic nitrogens is 1. The summed E-state index contributed by atoms with van der Waals surface area (Å²) in [6.07, 6.45) is 0. The highest BCUT2D eigenvalue weighted by atomic mass is 32.2. The second-order valence-electron chi connectivity index (χ2n) is 6.58. The number of anilines is 1. The maximum Gasteiger partial charge on any atom is 0.257 e. The summed E-state index contributed by atoms with van der Waals surface area (Å²) < 4.78 is 38.7. The van der Waals surface area contributed by atoms with Gasteiger partial charge in [-0.15, -0.1) is 0 Å². The minimum Gasteiger partial charge on any atom is -0.494 e. The standard InChI is InChI=1S/C20H21N3O5S2/c1-2-28-15-6-7-17-18(13-15)29-20(21-17)22-19(24)14-4-3-5-16(12-14)30(25,26)23-8-10-27-11-9-23/h3-7,12-13H,2,8-11H2,1H3,(H,21,22,24). The summed E-state index contributed by atoms with van der Waals surface area (Å²) in [5, 5.41) is 3.19. The van der Waals surface area contributed by atoms with Gasteiger partial charge in [0.15, 0.2) is 5.13 Å². The van der Waals surface area contributed by atoms with Crippen molar-refractivity contribution in [2.45, 2.75) is 11.8 Å². The highest BCUT2D eigenvalue weighted by molar-refractivity contribution is 7.89. The molecule has 3 aromatic rings. The van der Waals surface area contributed by atoms with Crippen LogP contribution in [0.25, 0.3) is 10.2 Å². The number of morpholine rings is 1. The number of sulfonamides is 1. The Morgan fingerprint density at radius 1 is 1.23 bits per heavy atom. The third kappa shape index (κ3) is 4.31. The number of nitrogens with one attached hydrogen (secondary N) is 1. The third-order valence-electron chi connectivity index (χ3n) is 4.60. The summed E-state index contributed by atoms with van der Waals surface area (Å²) in [4.78, 5) is 17.2. The average Bonchev–Trinajstić information content (AvgIpc) is 3.16. The van der Waals surface area contributed by atoms with E-state index in [2.05, 4.69) is 10.3 Å². The Morgan fingerprint density at radius 2 is 2.03 bits per heavy atom. The fourth-order valence-electron chi connectivity index (χ4n) is 3.12. The molecule has 2 heterocycles. The van der Waals surface area contributed by atoms with Crippen molar-refractivity contribution in [2.24, 2.45) is 0 Å². The Kier molecular flexibility index (Phi) is 6.00. The van der Waals surface area contributed by atoms with Crippen LogP contribution < -0.4 is 10.1 Å². The van der Waals surface area contributed by atoms with Gasteiger partial charge in [0.2, 0.25) is 10.0 Å². The van der Waals surface area contributed by atoms with Crippen LogP contribution in [0.1, 0.15) is 17.3 Å². The fourth-order valence-corrected chi connectivity index (χ4v) is 5.46. The van der Waals surface area contributed by atoms with Crippen LogP contribution in [0.15, 0.2) is 47.4 Å². The molecule has 1 amide bonds. The molecule has 1 saturated heterocycles. The zero-order chi connectivity index (χ0) is 21.1. The van der Waals surface area contributed by atoms with Crippen LogP contribution in [0.5, 0.6) is 5.75 Å². The maximum absolute atomic E-state index is 12.8. The molecule has 1 aliphatic heterocycles. The van der Waals surface area contributed by atoms with Gasteiger partial charge < -0.3 is 9.47 Å². The van der Waals surface area contributed by atoms with Gasteiger partial charge in [0, 0.05) is 18.7 Å². The number of nitrogens with zero attached hydrogens (tertiary/aromatic N) is 2. The molecule has 1 aromatic heterocycles. The first-order chi connectivity index (χ1) is 14.5. The Labute approximate surface area is 178 Å². The van der Waals surface area contributed by atoms with Crippen LogP contribution in [-0.2, 0) is 14.8 Å². The van der Waals surface area contributed by atoms with Crippen molar-refractivity contribution in [3.05, 3.63) is 48.0 Å². The van der Waals surface area contributed by atoms with E-state index in [0.717, 1.165) is 16.0 Å². The lowest BCUT2D eigenvalue weighted by atomic mass is 10.2. The largest absolute Gasteiger partial charge is 0.494 e. The van der Waals surface area contributed by atoms with Crippen LogP contribution in [0, 0.1) is 0 Å². The van der Waals surface area contributed by atoms with Gasteiger partial charge in [-0.25, -0.2) is 13.4 Å². The lowest BCUT2D eigenvalue weighted by molar-refractivity contribution is 0.0730. The average molecular weight is 448 g/mol. The first kappa shape index (κ1) is 20.7. The molecule has 158 valence electrons. The van der Waals surface area contributed by atoms with Gasteiger partial charge in [0.25, 0.3) is 5.91 Å². The minimum atomic E-state index is -3.68. The molecule has 1 fully saturated rings. The number of carbonyl (C=O) groups excluding carboxylic acids is 1. The van der Waals surface area contributed by atoms with E-state index in [9.17, 15) is 13.2 Å². The quantitative estimate of drug-likeness (QED) is 0.624. The predicted molar refractivity (Wildman–Crippen MR) is 115 cm³/mol. The van der Waals surface area contributed by atoms with Crippen molar-refractivity contribution in [2.75, 3.05) is 38.2 Å². The highest BCUT2D eigenvalue weighted by Gasteiger charge is 2.27. The Morgan fingerprint density at radius 3 is 2.80 bits per heavy atom. The number of carbonyl (C=O) groups is 1. The number of amides is 1. The molecule has 2 aromatic carbocycles. The molecule has 4 rings (SSSR count). The van der Waals surface area contributed by atoms with Gasteiger partial charge >= 0.3 is 0 Å². The van der Waals surface area contributed by atoms with Gasteiger partial charge in [0.05, 0.1) is 34.9 Å². The van der Waals surface area contributed by atoms with Crippen molar-refractivity contribution >= 4 is 42.6 Å². The second-order valence-corrected chi connectivity index (χ2v) is 9.55. The molecule has 8 nitrogen and oxygen atoms in total. The van der Waals surface area contributed by atoms with E-state index in [4.69, 9.17) is 9.47 Å². The van der Waals surface area contributed by atoms with Crippen molar-refractivity contribution in [3.63, 3.8) is 0 Å². The molecule has 0 bridgehead atoms. The maximum atomic E-state index is 12.8. The Balaban J connectivity index is 1.54. The summed E-state index contributed by atoms with van der Waals surface area (Å²) in [7, 11) is -3.68. The van der Waals surface area contributed by atoms with Crippen LogP contribution in [-0.4, -0.2) is 56.5 Å². The smallest absolute Gasteiger partial charge is 0.257 e. The number of hydrogen-bond acceptors (Lipinski definition) is 7. The Bertz CT molecular complexity index is 1170. The molecule has 0 saturated carbocycles. The summed E-state index contributed by atoms with van der Waals surface area (Å²) in [5.41, 5.74) is 1.00. The van der Waals surface area contributed by atoms with E-state index in [-0.39, 0.29) is 10.5 Å². The molecular formula is C20H21N3O5S2. The SMILES string of the molecule is CCOc1ccc2nc(NC(=O)c3cccc(S(=O)(=O)N4CCOCC4)c3)sc2c1. The van der Waals surface area contributed by atoms with Gasteiger partial charge in [-0.2, -0.15) is 4.31 Å². The van der Waals surface area contributed by atoms with E-state index in [1.807, 2.05) is 25.1 Å². The molecule has 10 heteroatoms. The van der Waals surface area contributed by atoms with Gasteiger partial charge in [-0.05, 0) is 43.3 Å². The van der Waals surface area contributed by atoms with Crippen molar-refractivity contribution in [1.82, 2.24) is 9.29 Å². The van der Waals surface area contributed by atoms with Crippen LogP contribution >= 0.6 is 11.3 Å². The molecule has 0 aliphatic carbocycles. The summed E-state index contributed by atoms with van der Waals surface area (Å²) in [6.45, 7) is 3.81. The third-order valence-corrected chi connectivity index (χ3v) is 7.42. The topological polar surface area (TPSA) is 97.8 Å². The molecule has 0 spiro atoms. The van der Waals surface area contributed by atoms with Crippen LogP contribution in [0.2, 0.25) is 0 Å². The summed E-state index contributed by atoms with van der Waals surface area (Å²) in [6, 6.07) is 11.6. The minimum absolute atomic E-state index is 0.0858. The molecule has 0 unspecified atom stereocenters. The first-order valence-electron chi connectivity index (χ1n) is 9.50. The zero-order valence-corrected chi connectivity index (χ0v) is 18.0. The molecule has 1 N–H and O–H groups in total. The molecule has 30 heavy (non-hydrogen) atoms. The normalized spacial score (nSPS) is 15.2. The molecule has 0 radical (unpaired) electrons. The molecular weight excluding hydrogens is 426 g/mol. The van der Waals surface area contributed by atoms with Gasteiger partial charge in [-0.1, -0.05) is 17.4 Å². The van der Waals surface area contributed by atoms with Gasteiger partial charge in [-0.3, -0.25) is 10.1 Å². The zero-order valence-electron chi connectivity index (χ0n) is 16.3. The number of fused-ring (bicyclic) bond motifs is 1. The number of benzene rings is 2.